The third kappa shape index (κ3) is 3.03. The molecule has 0 aromatic heterocycles. The molecule has 0 N–H and O–H groups in total. The molecule has 0 bridgehead atoms. The van der Waals surface area contributed by atoms with Crippen molar-refractivity contribution in [1.82, 2.24) is 0 Å². The van der Waals surface area contributed by atoms with Crippen molar-refractivity contribution in [3.63, 3.8) is 0 Å². The van der Waals surface area contributed by atoms with E-state index in [2.05, 4.69) is 0 Å². The van der Waals surface area contributed by atoms with Crippen LogP contribution in [-0.2, 0) is 0 Å². The molecule has 2 nitrogen and oxygen atoms in total. The monoisotopic (exact) mass is 280 g/mol. The van der Waals surface area contributed by atoms with Gasteiger partial charge >= 0.3 is 0 Å². The van der Waals surface area contributed by atoms with Crippen LogP contribution in [0.25, 0.3) is 0 Å². The molecule has 0 aliphatic carbocycles. The second-order valence-corrected chi connectivity index (χ2v) is 4.60. The maximum Gasteiger partial charge on any atom is 0.159 e. The van der Waals surface area contributed by atoms with Gasteiger partial charge in [-0.15, -0.1) is 0 Å². The number of rotatable bonds is 3. The summed E-state index contributed by atoms with van der Waals surface area (Å²) >= 11 is 11.9. The summed E-state index contributed by atoms with van der Waals surface area (Å²) in [6.07, 6.45) is 0. The fourth-order valence-corrected chi connectivity index (χ4v) is 1.78. The summed E-state index contributed by atoms with van der Waals surface area (Å²) in [6, 6.07) is 11.9. The first-order valence-corrected chi connectivity index (χ1v) is 6.06. The van der Waals surface area contributed by atoms with Crippen LogP contribution < -0.4 is 4.74 Å². The summed E-state index contributed by atoms with van der Waals surface area (Å²) < 4.78 is 5.61. The molecule has 2 aromatic rings. The van der Waals surface area contributed by atoms with Crippen LogP contribution in [0.2, 0.25) is 10.0 Å². The highest BCUT2D eigenvalue weighted by atomic mass is 35.5. The van der Waals surface area contributed by atoms with Crippen molar-refractivity contribution < 1.29 is 9.53 Å². The summed E-state index contributed by atoms with van der Waals surface area (Å²) in [4.78, 5) is 11.3. The highest BCUT2D eigenvalue weighted by Crippen LogP contribution is 2.32. The third-order valence-corrected chi connectivity index (χ3v) is 2.91. The lowest BCUT2D eigenvalue weighted by Gasteiger charge is -2.08. The molecule has 0 atom stereocenters. The standard InChI is InChI=1S/C14H10Cl2O2/c1-9(17)10-3-2-4-12(7-10)18-14-8-11(15)5-6-13(14)16/h2-8H,1H3. The van der Waals surface area contributed by atoms with Crippen LogP contribution in [0.3, 0.4) is 0 Å². The van der Waals surface area contributed by atoms with E-state index in [-0.39, 0.29) is 5.78 Å². The van der Waals surface area contributed by atoms with Gasteiger partial charge < -0.3 is 4.74 Å². The Hall–Kier alpha value is -1.51. The van der Waals surface area contributed by atoms with E-state index in [0.29, 0.717) is 27.1 Å². The van der Waals surface area contributed by atoms with Crippen molar-refractivity contribution >= 4 is 29.0 Å². The number of carbonyl (C=O) groups excluding carboxylic acids is 1. The minimum absolute atomic E-state index is 0.0161. The van der Waals surface area contributed by atoms with Crippen molar-refractivity contribution in [2.24, 2.45) is 0 Å². The molecule has 0 saturated heterocycles. The largest absolute Gasteiger partial charge is 0.456 e. The lowest BCUT2D eigenvalue weighted by Crippen LogP contribution is -1.92. The van der Waals surface area contributed by atoms with Gasteiger partial charge in [0.05, 0.1) is 5.02 Å². The third-order valence-electron chi connectivity index (χ3n) is 2.36. The number of benzene rings is 2. The van der Waals surface area contributed by atoms with Crippen LogP contribution in [0.1, 0.15) is 17.3 Å². The van der Waals surface area contributed by atoms with Gasteiger partial charge in [-0.25, -0.2) is 0 Å². The molecular formula is C14H10Cl2O2. The van der Waals surface area contributed by atoms with Gasteiger partial charge in [-0.3, -0.25) is 4.79 Å². The molecule has 18 heavy (non-hydrogen) atoms. The fourth-order valence-electron chi connectivity index (χ4n) is 1.46. The second-order valence-electron chi connectivity index (χ2n) is 3.76. The molecule has 0 heterocycles. The first kappa shape index (κ1) is 12.9. The van der Waals surface area contributed by atoms with Gasteiger partial charge in [-0.1, -0.05) is 35.3 Å². The number of hydrogen-bond acceptors (Lipinski definition) is 2. The predicted molar refractivity (Wildman–Crippen MR) is 73.0 cm³/mol. The summed E-state index contributed by atoms with van der Waals surface area (Å²) in [5.41, 5.74) is 0.589. The minimum atomic E-state index is -0.0161. The Balaban J connectivity index is 2.31. The van der Waals surface area contributed by atoms with Gasteiger partial charge in [-0.05, 0) is 31.2 Å². The first-order chi connectivity index (χ1) is 8.56. The molecule has 92 valence electrons. The van der Waals surface area contributed by atoms with Crippen molar-refractivity contribution in [2.75, 3.05) is 0 Å². The number of carbonyl (C=O) groups is 1. The van der Waals surface area contributed by atoms with Gasteiger partial charge in [0.2, 0.25) is 0 Å². The Morgan fingerprint density at radius 1 is 1.11 bits per heavy atom. The first-order valence-electron chi connectivity index (χ1n) is 5.30. The average Bonchev–Trinajstić information content (AvgIpc) is 2.34. The van der Waals surface area contributed by atoms with Crippen LogP contribution in [0.5, 0.6) is 11.5 Å². The van der Waals surface area contributed by atoms with E-state index in [9.17, 15) is 4.79 Å². The van der Waals surface area contributed by atoms with Gasteiger partial charge in [0.15, 0.2) is 5.78 Å². The molecule has 0 aliphatic heterocycles. The van der Waals surface area contributed by atoms with Crippen LogP contribution in [-0.4, -0.2) is 5.78 Å². The molecule has 0 amide bonds. The predicted octanol–water partition coefficient (Wildman–Crippen LogP) is 4.99. The normalized spacial score (nSPS) is 10.2. The molecular weight excluding hydrogens is 271 g/mol. The topological polar surface area (TPSA) is 26.3 Å². The van der Waals surface area contributed by atoms with Crippen LogP contribution in [0, 0.1) is 0 Å². The number of ether oxygens (including phenoxy) is 1. The number of ketones is 1. The molecule has 0 fully saturated rings. The van der Waals surface area contributed by atoms with Crippen molar-refractivity contribution in [3.05, 3.63) is 58.1 Å². The van der Waals surface area contributed by atoms with E-state index in [4.69, 9.17) is 27.9 Å². The smallest absolute Gasteiger partial charge is 0.159 e. The minimum Gasteiger partial charge on any atom is -0.456 e. The molecule has 0 unspecified atom stereocenters. The SMILES string of the molecule is CC(=O)c1cccc(Oc2cc(Cl)ccc2Cl)c1. The number of halogens is 2. The van der Waals surface area contributed by atoms with E-state index < -0.39 is 0 Å². The lowest BCUT2D eigenvalue weighted by atomic mass is 10.1. The Morgan fingerprint density at radius 2 is 1.89 bits per heavy atom. The zero-order chi connectivity index (χ0) is 13.1. The Kier molecular flexibility index (Phi) is 3.90. The maximum atomic E-state index is 11.3. The van der Waals surface area contributed by atoms with E-state index in [1.165, 1.54) is 6.92 Å². The molecule has 2 aromatic carbocycles. The molecule has 2 rings (SSSR count). The Morgan fingerprint density at radius 3 is 2.61 bits per heavy atom. The van der Waals surface area contributed by atoms with Crippen LogP contribution in [0.4, 0.5) is 0 Å². The summed E-state index contributed by atoms with van der Waals surface area (Å²) in [7, 11) is 0. The second kappa shape index (κ2) is 5.42. The number of hydrogen-bond donors (Lipinski definition) is 0. The quantitative estimate of drug-likeness (QED) is 0.741. The highest BCUT2D eigenvalue weighted by Gasteiger charge is 2.06. The van der Waals surface area contributed by atoms with Gasteiger partial charge in [0, 0.05) is 16.7 Å². The summed E-state index contributed by atoms with van der Waals surface area (Å²) in [5, 5.41) is 1.00. The molecule has 0 aliphatic rings. The molecule has 0 radical (unpaired) electrons. The number of Topliss-reactive ketones (excluding diaryl/α,β-unsaturated/α-hetero) is 1. The lowest BCUT2D eigenvalue weighted by molar-refractivity contribution is 0.101. The van der Waals surface area contributed by atoms with E-state index in [1.54, 1.807) is 42.5 Å². The van der Waals surface area contributed by atoms with Crippen molar-refractivity contribution in [1.29, 1.82) is 0 Å². The Bertz CT molecular complexity index is 594. The average molecular weight is 281 g/mol. The molecule has 0 saturated carbocycles. The van der Waals surface area contributed by atoms with E-state index in [1.807, 2.05) is 0 Å². The van der Waals surface area contributed by atoms with E-state index >= 15 is 0 Å². The Labute approximate surface area is 115 Å². The van der Waals surface area contributed by atoms with Gasteiger partial charge in [0.25, 0.3) is 0 Å². The zero-order valence-corrected chi connectivity index (χ0v) is 11.1. The summed E-state index contributed by atoms with van der Waals surface area (Å²) in [6.45, 7) is 1.51. The van der Waals surface area contributed by atoms with Crippen LogP contribution in [0.15, 0.2) is 42.5 Å². The summed E-state index contributed by atoms with van der Waals surface area (Å²) in [5.74, 6) is 0.995. The van der Waals surface area contributed by atoms with Crippen molar-refractivity contribution in [3.8, 4) is 11.5 Å². The van der Waals surface area contributed by atoms with Gasteiger partial charge in [-0.2, -0.15) is 0 Å². The van der Waals surface area contributed by atoms with Gasteiger partial charge in [0.1, 0.15) is 11.5 Å². The molecule has 4 heteroatoms. The zero-order valence-electron chi connectivity index (χ0n) is 9.61. The maximum absolute atomic E-state index is 11.3. The van der Waals surface area contributed by atoms with Crippen LogP contribution >= 0.6 is 23.2 Å². The highest BCUT2D eigenvalue weighted by molar-refractivity contribution is 6.34. The van der Waals surface area contributed by atoms with E-state index in [0.717, 1.165) is 0 Å². The molecule has 0 spiro atoms. The van der Waals surface area contributed by atoms with Crippen molar-refractivity contribution in [2.45, 2.75) is 6.92 Å². The fraction of sp³-hybridized carbons (Fsp3) is 0.0714.